The summed E-state index contributed by atoms with van der Waals surface area (Å²) in [5.74, 6) is 0. The monoisotopic (exact) mass is 343 g/mol. The number of amides is 2. The quantitative estimate of drug-likeness (QED) is 0.860. The smallest absolute Gasteiger partial charge is 0.321 e. The first-order valence-corrected chi connectivity index (χ1v) is 9.84. The molecule has 1 aliphatic carbocycles. The first-order chi connectivity index (χ1) is 11.9. The van der Waals surface area contributed by atoms with E-state index in [1.165, 1.54) is 37.7 Å². The molecule has 3 rings (SSSR count). The van der Waals surface area contributed by atoms with Crippen LogP contribution < -0.4 is 5.32 Å². The van der Waals surface area contributed by atoms with Crippen LogP contribution in [0.4, 0.5) is 10.5 Å². The van der Waals surface area contributed by atoms with E-state index in [-0.39, 0.29) is 11.4 Å². The first-order valence-electron chi connectivity index (χ1n) is 9.84. The molecular formula is C21H33N3O. The summed E-state index contributed by atoms with van der Waals surface area (Å²) in [4.78, 5) is 17.1. The number of anilines is 1. The Balaban J connectivity index is 1.49. The highest BCUT2D eigenvalue weighted by molar-refractivity contribution is 5.89. The molecule has 1 heterocycles. The normalized spacial score (nSPS) is 20.5. The number of carbonyl (C=O) groups is 1. The lowest BCUT2D eigenvalue weighted by molar-refractivity contribution is 0.0943. The predicted octanol–water partition coefficient (Wildman–Crippen LogP) is 4.47. The Morgan fingerprint density at radius 1 is 0.960 bits per heavy atom. The van der Waals surface area contributed by atoms with Crippen molar-refractivity contribution < 1.29 is 4.79 Å². The third-order valence-electron chi connectivity index (χ3n) is 5.69. The Kier molecular flexibility index (Phi) is 5.67. The van der Waals surface area contributed by atoms with E-state index in [9.17, 15) is 4.79 Å². The van der Waals surface area contributed by atoms with Crippen LogP contribution in [0.1, 0.15) is 58.4 Å². The third kappa shape index (κ3) is 4.75. The molecular weight excluding hydrogens is 310 g/mol. The van der Waals surface area contributed by atoms with E-state index in [2.05, 4.69) is 43.1 Å². The summed E-state index contributed by atoms with van der Waals surface area (Å²) in [6.45, 7) is 10.3. The van der Waals surface area contributed by atoms with Crippen LogP contribution >= 0.6 is 0 Å². The Morgan fingerprint density at radius 2 is 1.56 bits per heavy atom. The first kappa shape index (κ1) is 18.2. The largest absolute Gasteiger partial charge is 0.322 e. The predicted molar refractivity (Wildman–Crippen MR) is 104 cm³/mol. The topological polar surface area (TPSA) is 35.6 Å². The number of hydrogen-bond donors (Lipinski definition) is 1. The second-order valence-electron chi connectivity index (χ2n) is 8.57. The Hall–Kier alpha value is -1.55. The minimum absolute atomic E-state index is 0.0341. The minimum atomic E-state index is 0.0341. The van der Waals surface area contributed by atoms with Gasteiger partial charge in [0.15, 0.2) is 0 Å². The fraction of sp³-hybridized carbons (Fsp3) is 0.667. The molecule has 4 nitrogen and oxygen atoms in total. The maximum absolute atomic E-state index is 12.5. The fourth-order valence-corrected chi connectivity index (χ4v) is 3.99. The van der Waals surface area contributed by atoms with Gasteiger partial charge in [-0.2, -0.15) is 0 Å². The molecule has 4 heteroatoms. The second-order valence-corrected chi connectivity index (χ2v) is 8.57. The average Bonchev–Trinajstić information content (AvgIpc) is 2.62. The molecule has 1 aromatic rings. The maximum Gasteiger partial charge on any atom is 0.321 e. The second kappa shape index (κ2) is 7.77. The molecule has 0 unspecified atom stereocenters. The molecule has 0 spiro atoms. The lowest BCUT2D eigenvalue weighted by Gasteiger charge is -2.40. The number of hydrogen-bond acceptors (Lipinski definition) is 2. The average molecular weight is 344 g/mol. The van der Waals surface area contributed by atoms with Gasteiger partial charge in [0.05, 0.1) is 0 Å². The van der Waals surface area contributed by atoms with Crippen molar-refractivity contribution in [2.75, 3.05) is 31.5 Å². The van der Waals surface area contributed by atoms with E-state index in [1.807, 2.05) is 17.0 Å². The highest BCUT2D eigenvalue weighted by Crippen LogP contribution is 2.25. The van der Waals surface area contributed by atoms with Crippen molar-refractivity contribution in [2.45, 2.75) is 64.3 Å². The van der Waals surface area contributed by atoms with Gasteiger partial charge in [-0.25, -0.2) is 4.79 Å². The van der Waals surface area contributed by atoms with Crippen LogP contribution in [-0.2, 0) is 5.41 Å². The van der Waals surface area contributed by atoms with Crippen LogP contribution in [0.5, 0.6) is 0 Å². The molecule has 138 valence electrons. The summed E-state index contributed by atoms with van der Waals surface area (Å²) in [5.41, 5.74) is 2.30. The Morgan fingerprint density at radius 3 is 2.12 bits per heavy atom. The van der Waals surface area contributed by atoms with Gasteiger partial charge < -0.3 is 10.2 Å². The van der Waals surface area contributed by atoms with Gasteiger partial charge in [-0.05, 0) is 36.0 Å². The molecule has 1 saturated heterocycles. The molecule has 2 amide bonds. The van der Waals surface area contributed by atoms with Crippen molar-refractivity contribution in [1.82, 2.24) is 9.80 Å². The summed E-state index contributed by atoms with van der Waals surface area (Å²) in [6, 6.07) is 9.02. The van der Waals surface area contributed by atoms with E-state index in [4.69, 9.17) is 0 Å². The zero-order chi connectivity index (χ0) is 17.9. The van der Waals surface area contributed by atoms with Crippen LogP contribution in [0.15, 0.2) is 24.3 Å². The van der Waals surface area contributed by atoms with Gasteiger partial charge in [0.1, 0.15) is 0 Å². The van der Waals surface area contributed by atoms with Crippen molar-refractivity contribution in [2.24, 2.45) is 0 Å². The van der Waals surface area contributed by atoms with E-state index < -0.39 is 0 Å². The molecule has 0 radical (unpaired) electrons. The van der Waals surface area contributed by atoms with Crippen molar-refractivity contribution in [3.8, 4) is 0 Å². The zero-order valence-corrected chi connectivity index (χ0v) is 16.1. The van der Waals surface area contributed by atoms with Crippen LogP contribution in [0.3, 0.4) is 0 Å². The van der Waals surface area contributed by atoms with Crippen LogP contribution in [-0.4, -0.2) is 48.1 Å². The number of urea groups is 1. The summed E-state index contributed by atoms with van der Waals surface area (Å²) < 4.78 is 0. The van der Waals surface area contributed by atoms with Crippen LogP contribution in [0.25, 0.3) is 0 Å². The van der Waals surface area contributed by atoms with E-state index >= 15 is 0 Å². The molecule has 1 aromatic carbocycles. The van der Waals surface area contributed by atoms with Crippen molar-refractivity contribution in [3.63, 3.8) is 0 Å². The molecule has 25 heavy (non-hydrogen) atoms. The summed E-state index contributed by atoms with van der Waals surface area (Å²) in [5, 5.41) is 3.05. The molecule has 0 bridgehead atoms. The molecule has 0 aromatic heterocycles. The van der Waals surface area contributed by atoms with Gasteiger partial charge in [0.25, 0.3) is 0 Å². The fourth-order valence-electron chi connectivity index (χ4n) is 3.99. The summed E-state index contributed by atoms with van der Waals surface area (Å²) >= 11 is 0. The molecule has 0 atom stereocenters. The van der Waals surface area contributed by atoms with Crippen LogP contribution in [0.2, 0.25) is 0 Å². The number of nitrogens with zero attached hydrogens (tertiary/aromatic N) is 2. The zero-order valence-electron chi connectivity index (χ0n) is 16.1. The van der Waals surface area contributed by atoms with Gasteiger partial charge in [-0.3, -0.25) is 4.90 Å². The number of carbonyl (C=O) groups excluding carboxylic acids is 1. The summed E-state index contributed by atoms with van der Waals surface area (Å²) in [6.07, 6.45) is 6.82. The lowest BCUT2D eigenvalue weighted by atomic mass is 9.87. The highest BCUT2D eigenvalue weighted by atomic mass is 16.2. The number of benzene rings is 1. The molecule has 1 saturated carbocycles. The lowest BCUT2D eigenvalue weighted by Crippen LogP contribution is -2.53. The van der Waals surface area contributed by atoms with Crippen molar-refractivity contribution >= 4 is 11.7 Å². The van der Waals surface area contributed by atoms with Gasteiger partial charge >= 0.3 is 6.03 Å². The number of piperazine rings is 1. The van der Waals surface area contributed by atoms with Gasteiger partial charge in [-0.15, -0.1) is 0 Å². The van der Waals surface area contributed by atoms with Crippen LogP contribution in [0, 0.1) is 0 Å². The molecule has 1 aliphatic heterocycles. The highest BCUT2D eigenvalue weighted by Gasteiger charge is 2.27. The Bertz CT molecular complexity index is 562. The van der Waals surface area contributed by atoms with E-state index in [1.54, 1.807) is 0 Å². The van der Waals surface area contributed by atoms with E-state index in [0.717, 1.165) is 37.9 Å². The molecule has 2 fully saturated rings. The maximum atomic E-state index is 12.5. The molecule has 2 aliphatic rings. The minimum Gasteiger partial charge on any atom is -0.322 e. The van der Waals surface area contributed by atoms with Crippen molar-refractivity contribution in [3.05, 3.63) is 29.8 Å². The van der Waals surface area contributed by atoms with Gasteiger partial charge in [0.2, 0.25) is 0 Å². The number of rotatable bonds is 2. The molecule has 1 N–H and O–H groups in total. The summed E-state index contributed by atoms with van der Waals surface area (Å²) in [7, 11) is 0. The Labute approximate surface area is 152 Å². The number of nitrogens with one attached hydrogen (secondary N) is 1. The van der Waals surface area contributed by atoms with E-state index in [0.29, 0.717) is 0 Å². The standard InChI is InChI=1S/C21H33N3O/c1-21(2,3)17-9-11-18(12-10-17)22-20(25)24-15-13-23(14-16-24)19-7-5-4-6-8-19/h9-12,19H,4-8,13-16H2,1-3H3,(H,22,25). The third-order valence-corrected chi connectivity index (χ3v) is 5.69. The van der Waals surface area contributed by atoms with Crippen molar-refractivity contribution in [1.29, 1.82) is 0 Å². The van der Waals surface area contributed by atoms with Gasteiger partial charge in [-0.1, -0.05) is 52.2 Å². The SMILES string of the molecule is CC(C)(C)c1ccc(NC(=O)N2CCN(C3CCCCC3)CC2)cc1. The van der Waals surface area contributed by atoms with Gasteiger partial charge in [0, 0.05) is 37.9 Å².